The molecule has 20 heavy (non-hydrogen) atoms. The van der Waals surface area contributed by atoms with Gasteiger partial charge in [0.05, 0.1) is 4.47 Å². The number of aliphatic imine (C=N–C) groups is 1. The van der Waals surface area contributed by atoms with Crippen molar-refractivity contribution in [3.8, 4) is 11.5 Å². The first-order valence-corrected chi connectivity index (χ1v) is 7.09. The van der Waals surface area contributed by atoms with E-state index in [-0.39, 0.29) is 11.5 Å². The molecule has 0 aromatic heterocycles. The van der Waals surface area contributed by atoms with Gasteiger partial charge in [0.1, 0.15) is 17.2 Å². The molecule has 0 bridgehead atoms. The standard InChI is InChI=1S/C15H13BrClNO2/c1-8-10(15(20)13(16)9(2)14(8)17)7-18-11-5-3-4-6-12(11)19/h3-7,19-20H,1-2H3. The lowest BCUT2D eigenvalue weighted by molar-refractivity contribution is 0.470. The van der Waals surface area contributed by atoms with Gasteiger partial charge in [0.25, 0.3) is 0 Å². The van der Waals surface area contributed by atoms with E-state index in [9.17, 15) is 10.2 Å². The van der Waals surface area contributed by atoms with Gasteiger partial charge < -0.3 is 10.2 Å². The molecule has 104 valence electrons. The summed E-state index contributed by atoms with van der Waals surface area (Å²) in [6, 6.07) is 6.73. The average molecular weight is 355 g/mol. The number of nitrogens with zero attached hydrogens (tertiary/aromatic N) is 1. The molecule has 0 heterocycles. The van der Waals surface area contributed by atoms with Crippen LogP contribution in [0.1, 0.15) is 16.7 Å². The van der Waals surface area contributed by atoms with Gasteiger partial charge in [-0.2, -0.15) is 0 Å². The Morgan fingerprint density at radius 3 is 2.45 bits per heavy atom. The van der Waals surface area contributed by atoms with Crippen molar-refractivity contribution in [3.63, 3.8) is 0 Å². The molecular formula is C15H13BrClNO2. The van der Waals surface area contributed by atoms with Gasteiger partial charge in [0, 0.05) is 16.8 Å². The lowest BCUT2D eigenvalue weighted by atomic mass is 10.0. The van der Waals surface area contributed by atoms with Crippen LogP contribution in [0.5, 0.6) is 11.5 Å². The molecule has 2 aromatic carbocycles. The van der Waals surface area contributed by atoms with Crippen molar-refractivity contribution in [1.29, 1.82) is 0 Å². The average Bonchev–Trinajstić information content (AvgIpc) is 2.45. The largest absolute Gasteiger partial charge is 0.506 e. The van der Waals surface area contributed by atoms with Crippen LogP contribution in [0.25, 0.3) is 0 Å². The highest BCUT2D eigenvalue weighted by atomic mass is 79.9. The molecule has 0 atom stereocenters. The molecule has 0 amide bonds. The zero-order valence-electron chi connectivity index (χ0n) is 11.0. The molecule has 0 spiro atoms. The van der Waals surface area contributed by atoms with Crippen LogP contribution in [0.15, 0.2) is 33.7 Å². The number of phenolic OH excluding ortho intramolecular Hbond substituents is 2. The summed E-state index contributed by atoms with van der Waals surface area (Å²) >= 11 is 9.53. The number of hydrogen-bond donors (Lipinski definition) is 2. The summed E-state index contributed by atoms with van der Waals surface area (Å²) < 4.78 is 0.548. The third-order valence-corrected chi connectivity index (χ3v) is 4.61. The van der Waals surface area contributed by atoms with Crippen LogP contribution < -0.4 is 0 Å². The van der Waals surface area contributed by atoms with Crippen molar-refractivity contribution in [2.24, 2.45) is 4.99 Å². The number of halogens is 2. The lowest BCUT2D eigenvalue weighted by Crippen LogP contribution is -1.94. The second-order valence-corrected chi connectivity index (χ2v) is 5.56. The minimum atomic E-state index is 0.0816. The van der Waals surface area contributed by atoms with E-state index in [1.807, 2.05) is 13.8 Å². The van der Waals surface area contributed by atoms with Gasteiger partial charge in [-0.25, -0.2) is 0 Å². The van der Waals surface area contributed by atoms with Gasteiger partial charge in [-0.3, -0.25) is 4.99 Å². The summed E-state index contributed by atoms with van der Waals surface area (Å²) in [5.74, 6) is 0.168. The number of para-hydroxylation sites is 2. The molecule has 0 saturated carbocycles. The third kappa shape index (κ3) is 2.67. The summed E-state index contributed by atoms with van der Waals surface area (Å²) in [6.07, 6.45) is 1.50. The van der Waals surface area contributed by atoms with Crippen molar-refractivity contribution in [1.82, 2.24) is 0 Å². The second kappa shape index (κ2) is 5.85. The molecule has 2 rings (SSSR count). The minimum absolute atomic E-state index is 0.0816. The van der Waals surface area contributed by atoms with E-state index in [1.165, 1.54) is 6.21 Å². The zero-order chi connectivity index (χ0) is 14.9. The van der Waals surface area contributed by atoms with Gasteiger partial charge >= 0.3 is 0 Å². The topological polar surface area (TPSA) is 52.8 Å². The molecule has 0 fully saturated rings. The summed E-state index contributed by atoms with van der Waals surface area (Å²) in [6.45, 7) is 3.64. The van der Waals surface area contributed by atoms with Crippen molar-refractivity contribution in [2.45, 2.75) is 13.8 Å². The Labute approximate surface area is 130 Å². The number of hydrogen-bond acceptors (Lipinski definition) is 3. The van der Waals surface area contributed by atoms with E-state index in [4.69, 9.17) is 11.6 Å². The lowest BCUT2D eigenvalue weighted by Gasteiger charge is -2.12. The van der Waals surface area contributed by atoms with E-state index in [1.54, 1.807) is 24.3 Å². The normalized spacial score (nSPS) is 11.2. The van der Waals surface area contributed by atoms with Crippen LogP contribution in [-0.2, 0) is 0 Å². The molecule has 0 aliphatic rings. The fourth-order valence-corrected chi connectivity index (χ4v) is 2.56. The summed E-state index contributed by atoms with van der Waals surface area (Å²) in [7, 11) is 0. The molecule has 2 aromatic rings. The van der Waals surface area contributed by atoms with Gasteiger partial charge in [-0.05, 0) is 53.0 Å². The molecule has 0 saturated heterocycles. The molecule has 0 aliphatic heterocycles. The monoisotopic (exact) mass is 353 g/mol. The van der Waals surface area contributed by atoms with Crippen LogP contribution in [0, 0.1) is 13.8 Å². The van der Waals surface area contributed by atoms with Crippen molar-refractivity contribution in [2.75, 3.05) is 0 Å². The fraction of sp³-hybridized carbons (Fsp3) is 0.133. The quantitative estimate of drug-likeness (QED) is 0.755. The SMILES string of the molecule is Cc1c(Cl)c(C)c(C=Nc2ccccc2O)c(O)c1Br. The van der Waals surface area contributed by atoms with Crippen LogP contribution in [0.4, 0.5) is 5.69 Å². The number of rotatable bonds is 2. The summed E-state index contributed by atoms with van der Waals surface area (Å²) in [5.41, 5.74) is 2.47. The highest BCUT2D eigenvalue weighted by molar-refractivity contribution is 9.10. The second-order valence-electron chi connectivity index (χ2n) is 4.39. The Morgan fingerprint density at radius 1 is 1.15 bits per heavy atom. The Balaban J connectivity index is 2.53. The van der Waals surface area contributed by atoms with E-state index in [0.29, 0.717) is 20.7 Å². The predicted molar refractivity (Wildman–Crippen MR) is 85.7 cm³/mol. The summed E-state index contributed by atoms with van der Waals surface area (Å²) in [4.78, 5) is 4.20. The first-order valence-electron chi connectivity index (χ1n) is 5.92. The van der Waals surface area contributed by atoms with Crippen LogP contribution in [-0.4, -0.2) is 16.4 Å². The van der Waals surface area contributed by atoms with Crippen molar-refractivity contribution < 1.29 is 10.2 Å². The van der Waals surface area contributed by atoms with Gasteiger partial charge in [0.15, 0.2) is 0 Å². The number of phenols is 2. The van der Waals surface area contributed by atoms with Crippen LogP contribution in [0.2, 0.25) is 5.02 Å². The zero-order valence-corrected chi connectivity index (χ0v) is 13.3. The molecule has 2 N–H and O–H groups in total. The van der Waals surface area contributed by atoms with Gasteiger partial charge in [0.2, 0.25) is 0 Å². The maximum absolute atomic E-state index is 10.2. The third-order valence-electron chi connectivity index (χ3n) is 3.07. The van der Waals surface area contributed by atoms with Crippen molar-refractivity contribution in [3.05, 3.63) is 50.5 Å². The smallest absolute Gasteiger partial charge is 0.141 e. The first-order chi connectivity index (χ1) is 9.43. The molecule has 3 nitrogen and oxygen atoms in total. The van der Waals surface area contributed by atoms with Crippen molar-refractivity contribution >= 4 is 39.4 Å². The Morgan fingerprint density at radius 2 is 1.80 bits per heavy atom. The Hall–Kier alpha value is -1.52. The first kappa shape index (κ1) is 14.9. The fourth-order valence-electron chi connectivity index (χ4n) is 1.83. The maximum Gasteiger partial charge on any atom is 0.141 e. The van der Waals surface area contributed by atoms with Gasteiger partial charge in [-0.1, -0.05) is 23.7 Å². The van der Waals surface area contributed by atoms with E-state index in [0.717, 1.165) is 11.1 Å². The highest BCUT2D eigenvalue weighted by Crippen LogP contribution is 2.38. The van der Waals surface area contributed by atoms with E-state index in [2.05, 4.69) is 20.9 Å². The maximum atomic E-state index is 10.2. The van der Waals surface area contributed by atoms with E-state index >= 15 is 0 Å². The molecular weight excluding hydrogens is 342 g/mol. The molecule has 5 heteroatoms. The predicted octanol–water partition coefficient (Wildman–Crippen LogP) is 4.88. The van der Waals surface area contributed by atoms with Crippen LogP contribution in [0.3, 0.4) is 0 Å². The molecule has 0 unspecified atom stereocenters. The highest BCUT2D eigenvalue weighted by Gasteiger charge is 2.15. The Kier molecular flexibility index (Phi) is 4.35. The molecule has 0 radical (unpaired) electrons. The van der Waals surface area contributed by atoms with E-state index < -0.39 is 0 Å². The summed E-state index contributed by atoms with van der Waals surface area (Å²) in [5, 5.41) is 20.4. The Bertz CT molecular complexity index is 670. The van der Waals surface area contributed by atoms with Crippen LogP contribution >= 0.6 is 27.5 Å². The number of aromatic hydroxyl groups is 2. The number of benzene rings is 2. The van der Waals surface area contributed by atoms with Gasteiger partial charge in [-0.15, -0.1) is 0 Å². The molecule has 0 aliphatic carbocycles. The minimum Gasteiger partial charge on any atom is -0.506 e.